The fourth-order valence-electron chi connectivity index (χ4n) is 4.68. The molecular formula is C32H35FN4O4. The molecule has 0 atom stereocenters. The van der Waals surface area contributed by atoms with Crippen LogP contribution in [0.15, 0.2) is 71.7 Å². The van der Waals surface area contributed by atoms with Crippen LogP contribution in [-0.2, 0) is 16.0 Å². The van der Waals surface area contributed by atoms with Gasteiger partial charge in [-0.15, -0.1) is 0 Å². The van der Waals surface area contributed by atoms with Crippen LogP contribution in [0.4, 0.5) is 15.8 Å². The smallest absolute Gasteiger partial charge is 0.303 e. The van der Waals surface area contributed by atoms with Crippen LogP contribution in [0.1, 0.15) is 42.4 Å². The van der Waals surface area contributed by atoms with Crippen molar-refractivity contribution in [2.75, 3.05) is 32.6 Å². The number of nitrogens with one attached hydrogen (secondary N) is 1. The van der Waals surface area contributed by atoms with Crippen LogP contribution in [0.3, 0.4) is 0 Å². The highest BCUT2D eigenvalue weighted by Crippen LogP contribution is 2.32. The van der Waals surface area contributed by atoms with Crippen LogP contribution in [0.25, 0.3) is 10.9 Å². The lowest BCUT2D eigenvalue weighted by Crippen LogP contribution is -2.26. The van der Waals surface area contributed by atoms with E-state index in [1.54, 1.807) is 30.1 Å². The summed E-state index contributed by atoms with van der Waals surface area (Å²) in [6.45, 7) is 0.940. The molecule has 8 nitrogen and oxygen atoms in total. The average Bonchev–Trinajstić information content (AvgIpc) is 3.27. The molecule has 4 aromatic rings. The number of carbonyl (C=O) groups excluding carboxylic acids is 1. The van der Waals surface area contributed by atoms with E-state index in [9.17, 15) is 19.1 Å². The Labute approximate surface area is 238 Å². The Kier molecular flexibility index (Phi) is 9.52. The molecule has 1 aromatic heterocycles. The van der Waals surface area contributed by atoms with Crippen molar-refractivity contribution in [1.29, 1.82) is 0 Å². The van der Waals surface area contributed by atoms with Gasteiger partial charge in [-0.2, -0.15) is 0 Å². The van der Waals surface area contributed by atoms with Gasteiger partial charge < -0.3 is 25.0 Å². The van der Waals surface area contributed by atoms with Crippen molar-refractivity contribution < 1.29 is 24.2 Å². The highest BCUT2D eigenvalue weighted by molar-refractivity contribution is 6.22. The first-order chi connectivity index (χ1) is 19.6. The molecule has 0 spiro atoms. The van der Waals surface area contributed by atoms with Gasteiger partial charge in [0.2, 0.25) is 5.91 Å². The molecule has 3 N–H and O–H groups in total. The molecule has 4 rings (SSSR count). The number of amides is 1. The average molecular weight is 559 g/mol. The van der Waals surface area contributed by atoms with Crippen LogP contribution < -0.4 is 4.90 Å². The van der Waals surface area contributed by atoms with E-state index in [4.69, 9.17) is 10.1 Å². The van der Waals surface area contributed by atoms with Crippen LogP contribution >= 0.6 is 0 Å². The molecule has 3 aromatic carbocycles. The quantitative estimate of drug-likeness (QED) is 0.148. The van der Waals surface area contributed by atoms with E-state index >= 15 is 0 Å². The third-order valence-corrected chi connectivity index (χ3v) is 6.90. The van der Waals surface area contributed by atoms with Crippen molar-refractivity contribution in [1.82, 2.24) is 9.88 Å². The number of carboxylic acids is 1. The summed E-state index contributed by atoms with van der Waals surface area (Å²) < 4.78 is 13.9. The fourth-order valence-corrected chi connectivity index (χ4v) is 4.68. The van der Waals surface area contributed by atoms with Gasteiger partial charge in [-0.1, -0.05) is 18.2 Å². The Morgan fingerprint density at radius 2 is 1.71 bits per heavy atom. The maximum atomic E-state index is 13.9. The van der Waals surface area contributed by atoms with Gasteiger partial charge in [0.1, 0.15) is 5.82 Å². The number of hydrogen-bond acceptors (Lipinski definition) is 5. The predicted molar refractivity (Wildman–Crippen MR) is 160 cm³/mol. The van der Waals surface area contributed by atoms with Crippen LogP contribution in [-0.4, -0.2) is 65.4 Å². The molecule has 214 valence electrons. The third-order valence-electron chi connectivity index (χ3n) is 6.90. The summed E-state index contributed by atoms with van der Waals surface area (Å²) in [6.07, 6.45) is 2.56. The number of aromatic amines is 1. The minimum Gasteiger partial charge on any atom is -0.494 e. The van der Waals surface area contributed by atoms with Crippen molar-refractivity contribution in [3.63, 3.8) is 0 Å². The fraction of sp³-hybridized carbons (Fsp3) is 0.281. The Hall–Kier alpha value is -4.50. The van der Waals surface area contributed by atoms with Gasteiger partial charge in [-0.3, -0.25) is 9.59 Å². The lowest BCUT2D eigenvalue weighted by atomic mass is 9.97. The van der Waals surface area contributed by atoms with E-state index in [2.05, 4.69) is 9.88 Å². The molecule has 0 unspecified atom stereocenters. The van der Waals surface area contributed by atoms with Gasteiger partial charge in [-0.25, -0.2) is 9.38 Å². The predicted octanol–water partition coefficient (Wildman–Crippen LogP) is 5.89. The van der Waals surface area contributed by atoms with Crippen LogP contribution in [0, 0.1) is 5.82 Å². The minimum absolute atomic E-state index is 0.0170. The maximum Gasteiger partial charge on any atom is 0.303 e. The number of rotatable bonds is 12. The van der Waals surface area contributed by atoms with Gasteiger partial charge in [-0.05, 0) is 94.0 Å². The van der Waals surface area contributed by atoms with Crippen molar-refractivity contribution >= 4 is 39.9 Å². The van der Waals surface area contributed by atoms with Gasteiger partial charge in [0.05, 0.1) is 22.5 Å². The summed E-state index contributed by atoms with van der Waals surface area (Å²) in [4.78, 5) is 35.3. The molecule has 0 saturated heterocycles. The number of H-pyrrole nitrogens is 1. The molecule has 41 heavy (non-hydrogen) atoms. The van der Waals surface area contributed by atoms with E-state index < -0.39 is 11.8 Å². The first-order valence-electron chi connectivity index (χ1n) is 13.5. The van der Waals surface area contributed by atoms with E-state index in [1.807, 2.05) is 50.5 Å². The lowest BCUT2D eigenvalue weighted by molar-refractivity contribution is -0.137. The van der Waals surface area contributed by atoms with Crippen LogP contribution in [0.2, 0.25) is 0 Å². The van der Waals surface area contributed by atoms with E-state index in [-0.39, 0.29) is 18.2 Å². The monoisotopic (exact) mass is 558 g/mol. The number of aliphatic imine (C=N–C) groups is 1. The van der Waals surface area contributed by atoms with E-state index in [0.29, 0.717) is 46.3 Å². The topological polar surface area (TPSA) is 109 Å². The minimum atomic E-state index is -0.891. The second-order valence-electron chi connectivity index (χ2n) is 10.3. The molecule has 0 aliphatic heterocycles. The van der Waals surface area contributed by atoms with Crippen LogP contribution in [0.5, 0.6) is 5.88 Å². The normalized spacial score (nSPS) is 11.8. The number of fused-ring (bicyclic) bond motifs is 1. The molecule has 1 heterocycles. The summed E-state index contributed by atoms with van der Waals surface area (Å²) in [5.74, 6) is -1.45. The maximum absolute atomic E-state index is 13.9. The molecule has 0 fully saturated rings. The van der Waals surface area contributed by atoms with Gasteiger partial charge in [0, 0.05) is 36.5 Å². The van der Waals surface area contributed by atoms with Crippen molar-refractivity contribution in [3.8, 4) is 5.88 Å². The number of unbranched alkanes of at least 4 members (excludes halogenated alkanes) is 1. The van der Waals surface area contributed by atoms with Gasteiger partial charge in [0.15, 0.2) is 5.88 Å². The Bertz CT molecular complexity index is 1560. The molecular weight excluding hydrogens is 523 g/mol. The van der Waals surface area contributed by atoms with E-state index in [0.717, 1.165) is 30.6 Å². The summed E-state index contributed by atoms with van der Waals surface area (Å²) in [5.41, 5.74) is 4.08. The summed E-state index contributed by atoms with van der Waals surface area (Å²) >= 11 is 0. The molecule has 0 radical (unpaired) electrons. The molecule has 0 saturated carbocycles. The second-order valence-corrected chi connectivity index (χ2v) is 10.3. The molecule has 0 bridgehead atoms. The third kappa shape index (κ3) is 7.58. The summed E-state index contributed by atoms with van der Waals surface area (Å²) in [5, 5.41) is 20.6. The van der Waals surface area contributed by atoms with Gasteiger partial charge in [0.25, 0.3) is 0 Å². The first-order valence-corrected chi connectivity index (χ1v) is 13.5. The number of hydrogen-bond donors (Lipinski definition) is 3. The number of benzene rings is 3. The number of aliphatic carboxylic acids is 1. The number of nitrogens with zero attached hydrogens (tertiary/aromatic N) is 3. The first kappa shape index (κ1) is 29.5. The lowest BCUT2D eigenvalue weighted by Gasteiger charge is -2.18. The highest BCUT2D eigenvalue weighted by Gasteiger charge is 2.20. The number of aromatic nitrogens is 1. The summed E-state index contributed by atoms with van der Waals surface area (Å²) in [7, 11) is 5.78. The number of halogens is 1. The number of carbonyl (C=O) groups is 2. The van der Waals surface area contributed by atoms with E-state index in [1.165, 1.54) is 12.1 Å². The standard InChI is InChI=1S/C32H35FN4O4/c1-36(2)18-5-4-9-28(38)37(3)25-14-12-24(13-15-25)34-31(22-8-6-7-21(19-22)10-17-29(39)40)30-26-16-11-23(33)20-27(26)35-32(30)41/h6-8,11-16,19-20,35,41H,4-5,9-10,17-18H2,1-3H3,(H,39,40). The Balaban J connectivity index is 1.68. The number of aryl methyl sites for hydroxylation is 1. The number of anilines is 1. The number of aromatic hydroxyl groups is 1. The van der Waals surface area contributed by atoms with Crippen molar-refractivity contribution in [3.05, 3.63) is 89.2 Å². The highest BCUT2D eigenvalue weighted by atomic mass is 19.1. The SMILES string of the molecule is CN(C)CCCCC(=O)N(C)c1ccc(N=C(c2cccc(CCC(=O)O)c2)c2c(O)[nH]c3cc(F)ccc23)cc1. The second kappa shape index (κ2) is 13.2. The Morgan fingerprint density at radius 1 is 0.951 bits per heavy atom. The molecule has 0 aliphatic rings. The van der Waals surface area contributed by atoms with Crippen molar-refractivity contribution in [2.45, 2.75) is 32.1 Å². The zero-order chi connectivity index (χ0) is 29.5. The largest absolute Gasteiger partial charge is 0.494 e. The van der Waals surface area contributed by atoms with Crippen molar-refractivity contribution in [2.24, 2.45) is 4.99 Å². The zero-order valence-corrected chi connectivity index (χ0v) is 23.5. The Morgan fingerprint density at radius 3 is 2.41 bits per heavy atom. The molecule has 9 heteroatoms. The zero-order valence-electron chi connectivity index (χ0n) is 23.5. The summed E-state index contributed by atoms with van der Waals surface area (Å²) in [6, 6.07) is 18.8. The molecule has 1 amide bonds. The molecule has 0 aliphatic carbocycles. The number of carboxylic acid groups (broad SMARTS) is 1. The van der Waals surface area contributed by atoms with Gasteiger partial charge >= 0.3 is 5.97 Å².